The van der Waals surface area contributed by atoms with Gasteiger partial charge in [-0.2, -0.15) is 5.26 Å². The van der Waals surface area contributed by atoms with Gasteiger partial charge in [0.15, 0.2) is 0 Å². The molecule has 0 bridgehead atoms. The number of nitrogens with zero attached hydrogens (tertiary/aromatic N) is 2. The number of rotatable bonds is 3. The number of anilines is 1. The highest BCUT2D eigenvalue weighted by molar-refractivity contribution is 7.16. The second-order valence-corrected chi connectivity index (χ2v) is 8.17. The molecule has 1 aromatic carbocycles. The molecule has 0 saturated carbocycles. The largest absolute Gasteiger partial charge is 0.316 e. The van der Waals surface area contributed by atoms with Crippen LogP contribution in [0.2, 0.25) is 0 Å². The number of carbonyl (C=O) groups is 1. The van der Waals surface area contributed by atoms with Crippen LogP contribution in [0.15, 0.2) is 24.3 Å². The smallest absolute Gasteiger partial charge is 0.229 e. The van der Waals surface area contributed by atoms with Gasteiger partial charge < -0.3 is 5.32 Å². The third kappa shape index (κ3) is 3.22. The van der Waals surface area contributed by atoms with Crippen LogP contribution in [-0.2, 0) is 24.1 Å². The van der Waals surface area contributed by atoms with E-state index < -0.39 is 0 Å². The Bertz CT molecular complexity index is 1090. The van der Waals surface area contributed by atoms with E-state index in [0.717, 1.165) is 59.0 Å². The first kappa shape index (κ1) is 17.7. The van der Waals surface area contributed by atoms with Gasteiger partial charge in [0, 0.05) is 16.0 Å². The fourth-order valence-electron chi connectivity index (χ4n) is 3.93. The molecule has 2 heterocycles. The number of nitrogens with one attached hydrogen (secondary N) is 1. The summed E-state index contributed by atoms with van der Waals surface area (Å²) in [7, 11) is 0. The first-order chi connectivity index (χ1) is 13.1. The Morgan fingerprint density at radius 3 is 2.85 bits per heavy atom. The van der Waals surface area contributed by atoms with Gasteiger partial charge in [0.25, 0.3) is 0 Å². The number of benzene rings is 1. The lowest BCUT2D eigenvalue weighted by Gasteiger charge is -2.12. The Hall–Kier alpha value is -2.71. The average Bonchev–Trinajstić information content (AvgIpc) is 3.02. The zero-order valence-electron chi connectivity index (χ0n) is 15.6. The van der Waals surface area contributed by atoms with Crippen molar-refractivity contribution in [1.82, 2.24) is 4.98 Å². The number of carbonyl (C=O) groups excluding carboxylic acids is 1. The highest BCUT2D eigenvalue weighted by Gasteiger charge is 2.22. The molecule has 3 aromatic rings. The summed E-state index contributed by atoms with van der Waals surface area (Å²) in [5.74, 6) is -0.0895. The van der Waals surface area contributed by atoms with Crippen molar-refractivity contribution in [1.29, 1.82) is 5.26 Å². The average molecular weight is 375 g/mol. The van der Waals surface area contributed by atoms with E-state index in [9.17, 15) is 10.1 Å². The molecule has 2 aromatic heterocycles. The molecule has 136 valence electrons. The molecule has 0 saturated heterocycles. The highest BCUT2D eigenvalue weighted by Crippen LogP contribution is 2.37. The van der Waals surface area contributed by atoms with Crippen LogP contribution in [0.4, 0.5) is 5.00 Å². The van der Waals surface area contributed by atoms with E-state index in [1.165, 1.54) is 4.88 Å². The summed E-state index contributed by atoms with van der Waals surface area (Å²) >= 11 is 1.57. The van der Waals surface area contributed by atoms with Crippen LogP contribution in [0.1, 0.15) is 45.7 Å². The Morgan fingerprint density at radius 1 is 1.26 bits per heavy atom. The molecule has 27 heavy (non-hydrogen) atoms. The minimum atomic E-state index is -0.0895. The lowest BCUT2D eigenvalue weighted by Crippen LogP contribution is -2.16. The van der Waals surface area contributed by atoms with E-state index in [2.05, 4.69) is 16.4 Å². The zero-order chi connectivity index (χ0) is 19.0. The Balaban J connectivity index is 1.62. The van der Waals surface area contributed by atoms with Crippen LogP contribution in [-0.4, -0.2) is 10.9 Å². The number of aryl methyl sites for hydroxylation is 3. The van der Waals surface area contributed by atoms with Gasteiger partial charge in [-0.3, -0.25) is 9.78 Å². The normalized spacial score (nSPS) is 13.2. The van der Waals surface area contributed by atoms with Crippen LogP contribution in [0.25, 0.3) is 10.9 Å². The lowest BCUT2D eigenvalue weighted by molar-refractivity contribution is -0.115. The van der Waals surface area contributed by atoms with Gasteiger partial charge in [0.05, 0.1) is 17.5 Å². The maximum atomic E-state index is 12.8. The molecule has 0 atom stereocenters. The second-order valence-electron chi connectivity index (χ2n) is 7.07. The van der Waals surface area contributed by atoms with Gasteiger partial charge in [-0.1, -0.05) is 18.2 Å². The Kier molecular flexibility index (Phi) is 4.67. The van der Waals surface area contributed by atoms with Gasteiger partial charge in [-0.05, 0) is 62.3 Å². The first-order valence-electron chi connectivity index (χ1n) is 9.27. The molecule has 1 N–H and O–H groups in total. The predicted octanol–water partition coefficient (Wildman–Crippen LogP) is 4.84. The van der Waals surface area contributed by atoms with E-state index in [4.69, 9.17) is 0 Å². The van der Waals surface area contributed by atoms with Crippen molar-refractivity contribution in [2.24, 2.45) is 0 Å². The molecule has 5 heteroatoms. The molecule has 0 aliphatic heterocycles. The fraction of sp³-hybridized carbons (Fsp3) is 0.318. The van der Waals surface area contributed by atoms with Crippen molar-refractivity contribution >= 4 is 33.1 Å². The minimum Gasteiger partial charge on any atom is -0.316 e. The van der Waals surface area contributed by atoms with Crippen molar-refractivity contribution in [2.75, 3.05) is 5.32 Å². The molecule has 1 aliphatic rings. The van der Waals surface area contributed by atoms with Crippen molar-refractivity contribution in [2.45, 2.75) is 46.0 Å². The van der Waals surface area contributed by atoms with Crippen LogP contribution in [0, 0.1) is 25.2 Å². The third-order valence-electron chi connectivity index (χ3n) is 5.36. The molecular formula is C22H21N3OS. The lowest BCUT2D eigenvalue weighted by atomic mass is 9.96. The zero-order valence-corrected chi connectivity index (χ0v) is 16.4. The summed E-state index contributed by atoms with van der Waals surface area (Å²) < 4.78 is 0. The standard InChI is InChI=1S/C22H21N3OS/c1-13-15-7-3-5-9-19(15)24-14(2)17(13)11-21(26)25-22-18(12-23)16-8-4-6-10-20(16)27-22/h3,5,7,9H,4,6,8,10-11H2,1-2H3,(H,25,26). The molecule has 4 rings (SSSR count). The van der Waals surface area contributed by atoms with Crippen LogP contribution in [0.5, 0.6) is 0 Å². The van der Waals surface area contributed by atoms with Crippen molar-refractivity contribution in [3.63, 3.8) is 0 Å². The molecule has 0 fully saturated rings. The Labute approximate surface area is 162 Å². The van der Waals surface area contributed by atoms with E-state index >= 15 is 0 Å². The number of pyridine rings is 1. The molecule has 1 amide bonds. The molecule has 4 nitrogen and oxygen atoms in total. The molecule has 0 radical (unpaired) electrons. The fourth-order valence-corrected chi connectivity index (χ4v) is 5.19. The van der Waals surface area contributed by atoms with Gasteiger partial charge in [0.1, 0.15) is 11.1 Å². The molecule has 1 aliphatic carbocycles. The maximum Gasteiger partial charge on any atom is 0.229 e. The molecular weight excluding hydrogens is 354 g/mol. The third-order valence-corrected chi connectivity index (χ3v) is 6.57. The predicted molar refractivity (Wildman–Crippen MR) is 109 cm³/mol. The van der Waals surface area contributed by atoms with Gasteiger partial charge >= 0.3 is 0 Å². The van der Waals surface area contributed by atoms with Gasteiger partial charge in [-0.25, -0.2) is 0 Å². The topological polar surface area (TPSA) is 65.8 Å². The second kappa shape index (κ2) is 7.13. The van der Waals surface area contributed by atoms with E-state index in [-0.39, 0.29) is 12.3 Å². The van der Waals surface area contributed by atoms with Crippen molar-refractivity contribution in [3.8, 4) is 6.07 Å². The number of aromatic nitrogens is 1. The van der Waals surface area contributed by atoms with Crippen LogP contribution >= 0.6 is 11.3 Å². The number of fused-ring (bicyclic) bond motifs is 2. The van der Waals surface area contributed by atoms with Crippen LogP contribution < -0.4 is 5.32 Å². The number of hydrogen-bond donors (Lipinski definition) is 1. The summed E-state index contributed by atoms with van der Waals surface area (Å²) in [4.78, 5) is 18.7. The van der Waals surface area contributed by atoms with Crippen molar-refractivity contribution < 1.29 is 4.79 Å². The Morgan fingerprint density at radius 2 is 2.04 bits per heavy atom. The quantitative estimate of drug-likeness (QED) is 0.712. The summed E-state index contributed by atoms with van der Waals surface area (Å²) in [5.41, 5.74) is 5.70. The number of amides is 1. The highest BCUT2D eigenvalue weighted by atomic mass is 32.1. The molecule has 0 unspecified atom stereocenters. The SMILES string of the molecule is Cc1nc2ccccc2c(C)c1CC(=O)Nc1sc2c(c1C#N)CCCC2. The van der Waals surface area contributed by atoms with E-state index in [0.29, 0.717) is 10.6 Å². The summed E-state index contributed by atoms with van der Waals surface area (Å²) in [5, 5.41) is 14.4. The number of hydrogen-bond acceptors (Lipinski definition) is 4. The van der Waals surface area contributed by atoms with E-state index in [1.54, 1.807) is 11.3 Å². The maximum absolute atomic E-state index is 12.8. The molecule has 0 spiro atoms. The van der Waals surface area contributed by atoms with Crippen LogP contribution in [0.3, 0.4) is 0 Å². The first-order valence-corrected chi connectivity index (χ1v) is 10.1. The number of para-hydroxylation sites is 1. The summed E-state index contributed by atoms with van der Waals surface area (Å²) in [6, 6.07) is 10.3. The van der Waals surface area contributed by atoms with Gasteiger partial charge in [-0.15, -0.1) is 11.3 Å². The monoisotopic (exact) mass is 375 g/mol. The van der Waals surface area contributed by atoms with Crippen molar-refractivity contribution in [3.05, 3.63) is 57.1 Å². The number of thiophene rings is 1. The minimum absolute atomic E-state index is 0.0895. The van der Waals surface area contributed by atoms with E-state index in [1.807, 2.05) is 38.1 Å². The van der Waals surface area contributed by atoms with Gasteiger partial charge in [0.2, 0.25) is 5.91 Å². The summed E-state index contributed by atoms with van der Waals surface area (Å²) in [6.07, 6.45) is 4.50. The summed E-state index contributed by atoms with van der Waals surface area (Å²) in [6.45, 7) is 4.00. The number of nitriles is 1.